The van der Waals surface area contributed by atoms with E-state index < -0.39 is 47.2 Å². The molecule has 0 aromatic carbocycles. The molecule has 0 unspecified atom stereocenters. The Morgan fingerprint density at radius 3 is 2.31 bits per heavy atom. The maximum atomic E-state index is 13.4. The van der Waals surface area contributed by atoms with Crippen molar-refractivity contribution in [2.24, 2.45) is 0 Å². The van der Waals surface area contributed by atoms with E-state index in [0.717, 1.165) is 11.3 Å². The Hall–Kier alpha value is -2.58. The smallest absolute Gasteiger partial charge is 0.267 e. The van der Waals surface area contributed by atoms with Crippen molar-refractivity contribution in [3.63, 3.8) is 0 Å². The summed E-state index contributed by atoms with van der Waals surface area (Å²) in [5, 5.41) is 7.39. The van der Waals surface area contributed by atoms with Crippen LogP contribution >= 0.6 is 11.3 Å². The summed E-state index contributed by atoms with van der Waals surface area (Å²) in [6.45, 7) is -0.315. The number of aryl methyl sites for hydroxylation is 1. The van der Waals surface area contributed by atoms with E-state index in [1.165, 1.54) is 0 Å². The number of halogens is 8. The molecule has 0 bridgehead atoms. The monoisotopic (exact) mass is 447 g/mol. The predicted molar refractivity (Wildman–Crippen MR) is 83.7 cm³/mol. The Morgan fingerprint density at radius 1 is 1.10 bits per heavy atom. The zero-order chi connectivity index (χ0) is 21.8. The second kappa shape index (κ2) is 6.74. The van der Waals surface area contributed by atoms with Crippen molar-refractivity contribution in [2.45, 2.75) is 38.2 Å². The highest BCUT2D eigenvalue weighted by molar-refractivity contribution is 7.16. The third-order valence-electron chi connectivity index (χ3n) is 3.72. The summed E-state index contributed by atoms with van der Waals surface area (Å²) in [5.41, 5.74) is -4.53. The Bertz CT molecular complexity index is 1110. The molecule has 0 aliphatic rings. The molecule has 29 heavy (non-hydrogen) atoms. The lowest BCUT2D eigenvalue weighted by atomic mass is 10.1. The Morgan fingerprint density at radius 2 is 1.76 bits per heavy atom. The molecule has 3 rings (SSSR count). The van der Waals surface area contributed by atoms with Crippen molar-refractivity contribution in [3.8, 4) is 11.1 Å². The second-order valence-corrected chi connectivity index (χ2v) is 6.85. The van der Waals surface area contributed by atoms with Crippen LogP contribution in [0.25, 0.3) is 16.1 Å². The predicted octanol–water partition coefficient (Wildman–Crippen LogP) is 3.79. The molecule has 0 aliphatic heterocycles. The van der Waals surface area contributed by atoms with E-state index in [9.17, 15) is 39.9 Å². The van der Waals surface area contributed by atoms with E-state index in [1.807, 2.05) is 0 Å². The molecule has 0 saturated carbocycles. The maximum absolute atomic E-state index is 13.4. The van der Waals surface area contributed by atoms with E-state index in [1.54, 1.807) is 6.92 Å². The highest BCUT2D eigenvalue weighted by Crippen LogP contribution is 2.38. The number of hydrogen-bond donors (Lipinski definition) is 0. The van der Waals surface area contributed by atoms with E-state index in [0.29, 0.717) is 28.3 Å². The molecule has 158 valence electrons. The van der Waals surface area contributed by atoms with Gasteiger partial charge in [-0.2, -0.15) is 49.8 Å². The average Bonchev–Trinajstić information content (AvgIpc) is 3.19. The van der Waals surface area contributed by atoms with Gasteiger partial charge >= 0.3 is 18.3 Å². The fourth-order valence-electron chi connectivity index (χ4n) is 2.36. The molecule has 0 saturated heterocycles. The standard InChI is InChI=1S/C14H9F8N5OS/c1-2-7-25-27-10(28)8(9(13(17,18)19)24-11(27)29-7)6-3-23-26(4-6)5-12(15,16)14(20,21)22/h3-4H,2,5H2,1H3. The van der Waals surface area contributed by atoms with Crippen LogP contribution < -0.4 is 5.56 Å². The first kappa shape index (κ1) is 21.1. The zero-order valence-corrected chi connectivity index (χ0v) is 15.0. The van der Waals surface area contributed by atoms with Crippen LogP contribution in [0.15, 0.2) is 17.2 Å². The van der Waals surface area contributed by atoms with Crippen LogP contribution in [0.2, 0.25) is 0 Å². The van der Waals surface area contributed by atoms with Crippen molar-refractivity contribution in [1.82, 2.24) is 24.4 Å². The van der Waals surface area contributed by atoms with Crippen molar-refractivity contribution < 1.29 is 35.1 Å². The molecule has 0 fully saturated rings. The molecule has 6 nitrogen and oxygen atoms in total. The van der Waals surface area contributed by atoms with Crippen LogP contribution in [0.5, 0.6) is 0 Å². The Balaban J connectivity index is 2.16. The molecule has 0 spiro atoms. The second-order valence-electron chi connectivity index (χ2n) is 5.81. The van der Waals surface area contributed by atoms with E-state index in [4.69, 9.17) is 0 Å². The zero-order valence-electron chi connectivity index (χ0n) is 14.1. The van der Waals surface area contributed by atoms with Gasteiger partial charge in [0.2, 0.25) is 4.96 Å². The van der Waals surface area contributed by atoms with Crippen LogP contribution in [-0.4, -0.2) is 36.5 Å². The third-order valence-corrected chi connectivity index (χ3v) is 4.77. The molecule has 0 radical (unpaired) electrons. The van der Waals surface area contributed by atoms with Gasteiger partial charge in [0, 0.05) is 11.8 Å². The lowest BCUT2D eigenvalue weighted by Gasteiger charge is -2.19. The van der Waals surface area contributed by atoms with Gasteiger partial charge in [-0.3, -0.25) is 9.48 Å². The van der Waals surface area contributed by atoms with Crippen molar-refractivity contribution in [1.29, 1.82) is 0 Å². The molecule has 0 aliphatic carbocycles. The van der Waals surface area contributed by atoms with Gasteiger partial charge in [-0.25, -0.2) is 4.98 Å². The van der Waals surface area contributed by atoms with Crippen molar-refractivity contribution >= 4 is 16.3 Å². The molecule has 0 amide bonds. The topological polar surface area (TPSA) is 65.1 Å². The lowest BCUT2D eigenvalue weighted by molar-refractivity contribution is -0.287. The van der Waals surface area contributed by atoms with Crippen LogP contribution in [-0.2, 0) is 19.1 Å². The summed E-state index contributed by atoms with van der Waals surface area (Å²) in [4.78, 5) is 15.7. The van der Waals surface area contributed by atoms with Crippen molar-refractivity contribution in [3.05, 3.63) is 33.4 Å². The number of fused-ring (bicyclic) bond motifs is 1. The van der Waals surface area contributed by atoms with E-state index in [-0.39, 0.29) is 9.64 Å². The molecule has 3 aromatic heterocycles. The number of nitrogens with zero attached hydrogens (tertiary/aromatic N) is 5. The van der Waals surface area contributed by atoms with Gasteiger partial charge in [0.05, 0.1) is 11.8 Å². The first-order valence-corrected chi connectivity index (χ1v) is 8.53. The SMILES string of the molecule is CCc1nn2c(=O)c(-c3cnn(CC(F)(F)C(F)(F)F)c3)c(C(F)(F)F)nc2s1. The van der Waals surface area contributed by atoms with Gasteiger partial charge in [0.1, 0.15) is 11.6 Å². The molecular weight excluding hydrogens is 438 g/mol. The van der Waals surface area contributed by atoms with Gasteiger partial charge in [0.15, 0.2) is 5.69 Å². The number of aromatic nitrogens is 5. The summed E-state index contributed by atoms with van der Waals surface area (Å²) >= 11 is 0.757. The quantitative estimate of drug-likeness (QED) is 0.571. The molecule has 0 atom stereocenters. The van der Waals surface area contributed by atoms with Crippen LogP contribution in [0.4, 0.5) is 35.1 Å². The van der Waals surface area contributed by atoms with Gasteiger partial charge in [-0.1, -0.05) is 18.3 Å². The summed E-state index contributed by atoms with van der Waals surface area (Å²) in [6, 6.07) is 0. The summed E-state index contributed by atoms with van der Waals surface area (Å²) in [7, 11) is 0. The van der Waals surface area contributed by atoms with Gasteiger partial charge in [0.25, 0.3) is 5.56 Å². The highest BCUT2D eigenvalue weighted by Gasteiger charge is 2.57. The van der Waals surface area contributed by atoms with Gasteiger partial charge < -0.3 is 0 Å². The lowest BCUT2D eigenvalue weighted by Crippen LogP contribution is -2.40. The van der Waals surface area contributed by atoms with E-state index >= 15 is 0 Å². The normalized spacial score (nSPS) is 13.4. The largest absolute Gasteiger partial charge is 0.455 e. The third kappa shape index (κ3) is 3.82. The van der Waals surface area contributed by atoms with Crippen LogP contribution in [0, 0.1) is 0 Å². The molecule has 0 N–H and O–H groups in total. The number of rotatable bonds is 4. The first-order valence-electron chi connectivity index (χ1n) is 7.72. The first-order chi connectivity index (χ1) is 13.2. The van der Waals surface area contributed by atoms with Crippen LogP contribution in [0.3, 0.4) is 0 Å². The minimum atomic E-state index is -5.88. The fraction of sp³-hybridized carbons (Fsp3) is 0.429. The fourth-order valence-corrected chi connectivity index (χ4v) is 3.19. The van der Waals surface area contributed by atoms with Crippen LogP contribution in [0.1, 0.15) is 17.6 Å². The number of alkyl halides is 8. The highest BCUT2D eigenvalue weighted by atomic mass is 32.1. The molecule has 3 aromatic rings. The molecule has 3 heterocycles. The minimum Gasteiger partial charge on any atom is -0.267 e. The van der Waals surface area contributed by atoms with Gasteiger partial charge in [-0.05, 0) is 6.42 Å². The number of hydrogen-bond acceptors (Lipinski definition) is 5. The van der Waals surface area contributed by atoms with E-state index in [2.05, 4.69) is 15.2 Å². The van der Waals surface area contributed by atoms with Crippen molar-refractivity contribution in [2.75, 3.05) is 0 Å². The van der Waals surface area contributed by atoms with Gasteiger partial charge in [-0.15, -0.1) is 0 Å². The average molecular weight is 447 g/mol. The Kier molecular flexibility index (Phi) is 4.91. The summed E-state index contributed by atoms with van der Waals surface area (Å²) in [5.74, 6) is -5.18. The Labute approximate surface area is 159 Å². The molecular formula is C14H9F8N5OS. The maximum Gasteiger partial charge on any atom is 0.455 e. The summed E-state index contributed by atoms with van der Waals surface area (Å²) in [6.07, 6.45) is -9.59. The molecule has 15 heteroatoms. The summed E-state index contributed by atoms with van der Waals surface area (Å²) < 4.78 is 104. The minimum absolute atomic E-state index is 0.107.